The fourth-order valence-corrected chi connectivity index (χ4v) is 3.04. The number of hydrogen-bond donors (Lipinski definition) is 0. The molecule has 0 aliphatic heterocycles. The highest BCUT2D eigenvalue weighted by Crippen LogP contribution is 2.24. The van der Waals surface area contributed by atoms with E-state index in [2.05, 4.69) is 4.98 Å². The molecule has 1 aromatic heterocycles. The number of benzene rings is 2. The monoisotopic (exact) mass is 305 g/mol. The first-order chi connectivity index (χ1) is 9.63. The number of carbonyl (C=O) groups is 1. The van der Waals surface area contributed by atoms with E-state index in [1.54, 1.807) is 0 Å². The van der Waals surface area contributed by atoms with Gasteiger partial charge in [-0.2, -0.15) is 0 Å². The topological polar surface area (TPSA) is 30.0 Å². The number of aromatic nitrogens is 1. The quantitative estimate of drug-likeness (QED) is 0.666. The fourth-order valence-electron chi connectivity index (χ4n) is 1.91. The summed E-state index contributed by atoms with van der Waals surface area (Å²) in [6.45, 7) is 0. The summed E-state index contributed by atoms with van der Waals surface area (Å²) in [5.41, 5.74) is 1.42. The van der Waals surface area contributed by atoms with Crippen molar-refractivity contribution in [3.8, 4) is 0 Å². The van der Waals surface area contributed by atoms with Crippen molar-refractivity contribution in [2.75, 3.05) is 0 Å². The molecule has 0 N–H and O–H groups in total. The summed E-state index contributed by atoms with van der Waals surface area (Å²) in [7, 11) is 0. The van der Waals surface area contributed by atoms with Crippen LogP contribution >= 0.6 is 22.9 Å². The molecule has 0 atom stereocenters. The van der Waals surface area contributed by atoms with Crippen LogP contribution in [0.15, 0.2) is 42.5 Å². The van der Waals surface area contributed by atoms with Crippen molar-refractivity contribution in [3.05, 3.63) is 63.9 Å². The van der Waals surface area contributed by atoms with Crippen LogP contribution in [-0.2, 0) is 6.42 Å². The third-order valence-corrected chi connectivity index (χ3v) is 4.33. The summed E-state index contributed by atoms with van der Waals surface area (Å²) in [4.78, 5) is 16.5. The molecule has 2 aromatic carbocycles. The zero-order valence-electron chi connectivity index (χ0n) is 10.3. The molecule has 0 bridgehead atoms. The Morgan fingerprint density at radius 2 is 2.05 bits per heavy atom. The molecule has 3 aromatic rings. The van der Waals surface area contributed by atoms with Crippen LogP contribution < -0.4 is 0 Å². The molecule has 0 spiro atoms. The first-order valence-corrected chi connectivity index (χ1v) is 7.15. The molecule has 0 aliphatic rings. The van der Waals surface area contributed by atoms with Crippen molar-refractivity contribution in [1.29, 1.82) is 0 Å². The van der Waals surface area contributed by atoms with E-state index in [1.165, 1.54) is 29.5 Å². The number of hydrogen-bond acceptors (Lipinski definition) is 3. The van der Waals surface area contributed by atoms with E-state index in [0.29, 0.717) is 10.6 Å². The third kappa shape index (κ3) is 2.57. The smallest absolute Gasteiger partial charge is 0.195 e. The number of para-hydroxylation sites is 1. The molecule has 0 amide bonds. The SMILES string of the molecule is O=C(Cc1ccc(F)cc1Cl)c1nc2ccccc2s1. The van der Waals surface area contributed by atoms with E-state index >= 15 is 0 Å². The molecule has 20 heavy (non-hydrogen) atoms. The van der Waals surface area contributed by atoms with Gasteiger partial charge in [0.1, 0.15) is 5.82 Å². The summed E-state index contributed by atoms with van der Waals surface area (Å²) in [6.07, 6.45) is 0.124. The predicted molar refractivity (Wildman–Crippen MR) is 79.1 cm³/mol. The van der Waals surface area contributed by atoms with Crippen LogP contribution in [0.5, 0.6) is 0 Å². The van der Waals surface area contributed by atoms with E-state index in [4.69, 9.17) is 11.6 Å². The molecule has 0 saturated heterocycles. The molecule has 0 aliphatic carbocycles. The van der Waals surface area contributed by atoms with Gasteiger partial charge in [-0.25, -0.2) is 9.37 Å². The van der Waals surface area contributed by atoms with E-state index in [0.717, 1.165) is 10.2 Å². The van der Waals surface area contributed by atoms with Gasteiger partial charge in [0.2, 0.25) is 0 Å². The lowest BCUT2D eigenvalue weighted by Gasteiger charge is -2.01. The predicted octanol–water partition coefficient (Wildman–Crippen LogP) is 4.51. The summed E-state index contributed by atoms with van der Waals surface area (Å²) in [5.74, 6) is -0.522. The highest BCUT2D eigenvalue weighted by atomic mass is 35.5. The minimum Gasteiger partial charge on any atom is -0.291 e. The number of nitrogens with zero attached hydrogens (tertiary/aromatic N) is 1. The molecule has 0 fully saturated rings. The molecule has 0 radical (unpaired) electrons. The van der Waals surface area contributed by atoms with E-state index in [9.17, 15) is 9.18 Å². The average molecular weight is 306 g/mol. The van der Waals surface area contributed by atoms with E-state index in [-0.39, 0.29) is 17.2 Å². The van der Waals surface area contributed by atoms with Crippen molar-refractivity contribution in [2.24, 2.45) is 0 Å². The first-order valence-electron chi connectivity index (χ1n) is 5.96. The second kappa shape index (κ2) is 5.31. The molecular formula is C15H9ClFNOS. The Labute approximate surface area is 123 Å². The van der Waals surface area contributed by atoms with Gasteiger partial charge in [-0.1, -0.05) is 29.8 Å². The summed E-state index contributed by atoms with van der Waals surface area (Å²) in [5, 5.41) is 0.714. The molecule has 3 rings (SSSR count). The highest BCUT2D eigenvalue weighted by molar-refractivity contribution is 7.20. The van der Waals surface area contributed by atoms with Crippen molar-refractivity contribution >= 4 is 38.9 Å². The zero-order chi connectivity index (χ0) is 14.1. The van der Waals surface area contributed by atoms with Gasteiger partial charge in [0.15, 0.2) is 10.8 Å². The van der Waals surface area contributed by atoms with Gasteiger partial charge in [-0.05, 0) is 29.8 Å². The van der Waals surface area contributed by atoms with Gasteiger partial charge < -0.3 is 0 Å². The normalized spacial score (nSPS) is 10.9. The minimum atomic E-state index is -0.411. The van der Waals surface area contributed by atoms with Gasteiger partial charge in [0.05, 0.1) is 10.2 Å². The largest absolute Gasteiger partial charge is 0.291 e. The standard InChI is InChI=1S/C15H9ClFNOS/c16-11-8-10(17)6-5-9(11)7-13(19)15-18-12-3-1-2-4-14(12)20-15/h1-6,8H,7H2. The Bertz CT molecular complexity index is 766. The molecule has 0 unspecified atom stereocenters. The number of carbonyl (C=O) groups excluding carboxylic acids is 1. The van der Waals surface area contributed by atoms with Crippen LogP contribution in [-0.4, -0.2) is 10.8 Å². The fraction of sp³-hybridized carbons (Fsp3) is 0.0667. The van der Waals surface area contributed by atoms with E-state index in [1.807, 2.05) is 24.3 Å². The van der Waals surface area contributed by atoms with Crippen LogP contribution in [0.1, 0.15) is 15.4 Å². The van der Waals surface area contributed by atoms with Crippen molar-refractivity contribution in [2.45, 2.75) is 6.42 Å². The van der Waals surface area contributed by atoms with Crippen LogP contribution in [0.3, 0.4) is 0 Å². The van der Waals surface area contributed by atoms with Gasteiger partial charge >= 0.3 is 0 Å². The average Bonchev–Trinajstić information content (AvgIpc) is 2.86. The molecule has 100 valence electrons. The molecule has 0 saturated carbocycles. The van der Waals surface area contributed by atoms with Crippen LogP contribution in [0, 0.1) is 5.82 Å². The zero-order valence-corrected chi connectivity index (χ0v) is 11.8. The maximum atomic E-state index is 13.0. The van der Waals surface area contributed by atoms with Gasteiger partial charge in [0, 0.05) is 11.4 Å². The van der Waals surface area contributed by atoms with Crippen molar-refractivity contribution in [3.63, 3.8) is 0 Å². The Hall–Kier alpha value is -1.78. The maximum Gasteiger partial charge on any atom is 0.195 e. The lowest BCUT2D eigenvalue weighted by molar-refractivity contribution is 0.0993. The number of halogens is 2. The number of Topliss-reactive ketones (excluding diaryl/α,β-unsaturated/α-hetero) is 1. The summed E-state index contributed by atoms with van der Waals surface area (Å²) >= 11 is 7.29. The Kier molecular flexibility index (Phi) is 3.51. The molecule has 2 nitrogen and oxygen atoms in total. The van der Waals surface area contributed by atoms with Crippen molar-refractivity contribution < 1.29 is 9.18 Å². The van der Waals surface area contributed by atoms with Gasteiger partial charge in [-0.15, -0.1) is 11.3 Å². The minimum absolute atomic E-state index is 0.111. The first kappa shape index (κ1) is 13.2. The lowest BCUT2D eigenvalue weighted by Crippen LogP contribution is -2.03. The van der Waals surface area contributed by atoms with Crippen LogP contribution in [0.2, 0.25) is 5.02 Å². The number of thiazole rings is 1. The third-order valence-electron chi connectivity index (χ3n) is 2.90. The Balaban J connectivity index is 1.89. The van der Waals surface area contributed by atoms with Crippen LogP contribution in [0.4, 0.5) is 4.39 Å². The summed E-state index contributed by atoms with van der Waals surface area (Å²) < 4.78 is 13.9. The van der Waals surface area contributed by atoms with Crippen molar-refractivity contribution in [1.82, 2.24) is 4.98 Å². The molecule has 5 heteroatoms. The Morgan fingerprint density at radius 3 is 2.80 bits per heavy atom. The van der Waals surface area contributed by atoms with Crippen LogP contribution in [0.25, 0.3) is 10.2 Å². The number of ketones is 1. The second-order valence-electron chi connectivity index (χ2n) is 4.32. The lowest BCUT2D eigenvalue weighted by atomic mass is 10.1. The molecular weight excluding hydrogens is 297 g/mol. The van der Waals surface area contributed by atoms with Gasteiger partial charge in [0.25, 0.3) is 0 Å². The number of fused-ring (bicyclic) bond motifs is 1. The summed E-state index contributed by atoms with van der Waals surface area (Å²) in [6, 6.07) is 11.6. The maximum absolute atomic E-state index is 13.0. The molecule has 1 heterocycles. The Morgan fingerprint density at radius 1 is 1.25 bits per heavy atom. The van der Waals surface area contributed by atoms with E-state index < -0.39 is 5.82 Å². The van der Waals surface area contributed by atoms with Gasteiger partial charge in [-0.3, -0.25) is 4.79 Å². The highest BCUT2D eigenvalue weighted by Gasteiger charge is 2.14. The second-order valence-corrected chi connectivity index (χ2v) is 5.76. The number of rotatable bonds is 3.